The normalized spacial score (nSPS) is 25.0. The molecule has 28 heavy (non-hydrogen) atoms. The topological polar surface area (TPSA) is 53.6 Å². The molecule has 5 heteroatoms. The van der Waals surface area contributed by atoms with Gasteiger partial charge in [-0.3, -0.25) is 4.79 Å². The summed E-state index contributed by atoms with van der Waals surface area (Å²) >= 11 is 0. The van der Waals surface area contributed by atoms with Gasteiger partial charge in [0.25, 0.3) is 0 Å². The van der Waals surface area contributed by atoms with Crippen LogP contribution in [0.15, 0.2) is 54.6 Å². The average Bonchev–Trinajstić information content (AvgIpc) is 3.23. The van der Waals surface area contributed by atoms with Gasteiger partial charge in [-0.05, 0) is 37.3 Å². The molecule has 2 heterocycles. The van der Waals surface area contributed by atoms with Crippen LogP contribution in [0.4, 0.5) is 0 Å². The van der Waals surface area contributed by atoms with E-state index in [1.54, 1.807) is 0 Å². The van der Waals surface area contributed by atoms with Crippen LogP contribution >= 0.6 is 0 Å². The number of ether oxygens (including phenoxy) is 1. The minimum Gasteiger partial charge on any atom is -0.372 e. The third-order valence-electron chi connectivity index (χ3n) is 5.70. The quantitative estimate of drug-likeness (QED) is 0.838. The van der Waals surface area contributed by atoms with E-state index < -0.39 is 0 Å². The summed E-state index contributed by atoms with van der Waals surface area (Å²) in [6, 6.07) is 18.7. The van der Waals surface area contributed by atoms with Crippen molar-refractivity contribution in [1.29, 1.82) is 0 Å². The second-order valence-electron chi connectivity index (χ2n) is 7.89. The molecule has 5 nitrogen and oxygen atoms in total. The van der Waals surface area contributed by atoms with Crippen LogP contribution in [0.5, 0.6) is 0 Å². The first-order chi connectivity index (χ1) is 13.7. The Morgan fingerprint density at radius 1 is 1.11 bits per heavy atom. The molecule has 3 unspecified atom stereocenters. The third-order valence-corrected chi connectivity index (χ3v) is 5.70. The van der Waals surface area contributed by atoms with Crippen molar-refractivity contribution >= 4 is 5.91 Å². The van der Waals surface area contributed by atoms with Crippen LogP contribution in [0.25, 0.3) is 0 Å². The van der Waals surface area contributed by atoms with Gasteiger partial charge < -0.3 is 9.64 Å². The molecule has 0 aromatic heterocycles. The van der Waals surface area contributed by atoms with Gasteiger partial charge in [-0.25, -0.2) is 10.9 Å². The number of hydrogen-bond acceptors (Lipinski definition) is 4. The highest BCUT2D eigenvalue weighted by Crippen LogP contribution is 2.24. The van der Waals surface area contributed by atoms with E-state index in [4.69, 9.17) is 4.74 Å². The lowest BCUT2D eigenvalue weighted by atomic mass is 9.99. The van der Waals surface area contributed by atoms with Gasteiger partial charge in [0.2, 0.25) is 5.91 Å². The fourth-order valence-electron chi connectivity index (χ4n) is 4.02. The van der Waals surface area contributed by atoms with Crippen LogP contribution in [0.1, 0.15) is 42.0 Å². The van der Waals surface area contributed by atoms with Gasteiger partial charge in [0, 0.05) is 19.1 Å². The maximum atomic E-state index is 13.0. The van der Waals surface area contributed by atoms with E-state index in [-0.39, 0.29) is 24.1 Å². The Balaban J connectivity index is 1.30. The van der Waals surface area contributed by atoms with Gasteiger partial charge in [0.1, 0.15) is 6.04 Å². The molecule has 0 radical (unpaired) electrons. The van der Waals surface area contributed by atoms with Crippen molar-refractivity contribution in [3.63, 3.8) is 0 Å². The monoisotopic (exact) mass is 379 g/mol. The Kier molecular flexibility index (Phi) is 6.05. The van der Waals surface area contributed by atoms with E-state index in [2.05, 4.69) is 54.2 Å². The summed E-state index contributed by atoms with van der Waals surface area (Å²) < 4.78 is 6.08. The number of hydrogen-bond donors (Lipinski definition) is 2. The van der Waals surface area contributed by atoms with Crippen LogP contribution < -0.4 is 10.9 Å². The molecular weight excluding hydrogens is 350 g/mol. The van der Waals surface area contributed by atoms with E-state index >= 15 is 0 Å². The summed E-state index contributed by atoms with van der Waals surface area (Å²) in [5, 5.41) is 0. The second-order valence-corrected chi connectivity index (χ2v) is 7.89. The molecular formula is C23H29N3O2. The largest absolute Gasteiger partial charge is 0.372 e. The average molecular weight is 380 g/mol. The van der Waals surface area contributed by atoms with Crippen molar-refractivity contribution in [3.05, 3.63) is 71.3 Å². The number of amides is 1. The number of hydrazine groups is 1. The SMILES string of the molecule is Cc1ccc(C2CC(C(=O)N3CCCC(OCc4ccccc4)C3)NN2)cc1. The first-order valence-electron chi connectivity index (χ1n) is 10.2. The maximum absolute atomic E-state index is 13.0. The molecule has 2 saturated heterocycles. The highest BCUT2D eigenvalue weighted by Gasteiger charge is 2.34. The molecule has 0 aliphatic carbocycles. The lowest BCUT2D eigenvalue weighted by molar-refractivity contribution is -0.137. The van der Waals surface area contributed by atoms with Crippen LogP contribution in [0, 0.1) is 6.92 Å². The molecule has 2 aliphatic heterocycles. The molecule has 4 rings (SSSR count). The maximum Gasteiger partial charge on any atom is 0.241 e. The lowest BCUT2D eigenvalue weighted by Crippen LogP contribution is -2.50. The summed E-state index contributed by atoms with van der Waals surface area (Å²) in [5.74, 6) is 0.176. The number of carbonyl (C=O) groups is 1. The molecule has 2 aliphatic rings. The fraction of sp³-hybridized carbons (Fsp3) is 0.435. The summed E-state index contributed by atoms with van der Waals surface area (Å²) in [6.07, 6.45) is 2.89. The number of benzene rings is 2. The summed E-state index contributed by atoms with van der Waals surface area (Å²) in [7, 11) is 0. The molecule has 0 spiro atoms. The van der Waals surface area contributed by atoms with Crippen LogP contribution in [0.2, 0.25) is 0 Å². The number of rotatable bonds is 5. The van der Waals surface area contributed by atoms with Crippen LogP contribution in [-0.2, 0) is 16.1 Å². The van der Waals surface area contributed by atoms with Gasteiger partial charge in [-0.15, -0.1) is 0 Å². The highest BCUT2D eigenvalue weighted by atomic mass is 16.5. The first-order valence-corrected chi connectivity index (χ1v) is 10.2. The van der Waals surface area contributed by atoms with Crippen LogP contribution in [0.3, 0.4) is 0 Å². The molecule has 0 saturated carbocycles. The predicted octanol–water partition coefficient (Wildman–Crippen LogP) is 3.11. The minimum atomic E-state index is -0.181. The lowest BCUT2D eigenvalue weighted by Gasteiger charge is -2.34. The van der Waals surface area contributed by atoms with E-state index in [0.717, 1.165) is 25.8 Å². The third kappa shape index (κ3) is 4.61. The Morgan fingerprint density at radius 2 is 1.89 bits per heavy atom. The first kappa shape index (κ1) is 19.1. The Hall–Kier alpha value is -2.21. The Labute approximate surface area is 167 Å². The molecule has 3 atom stereocenters. The van der Waals surface area contributed by atoms with Gasteiger partial charge in [0.15, 0.2) is 0 Å². The number of likely N-dealkylation sites (tertiary alicyclic amines) is 1. The number of piperidine rings is 1. The van der Waals surface area contributed by atoms with Crippen molar-refractivity contribution < 1.29 is 9.53 Å². The minimum absolute atomic E-state index is 0.111. The summed E-state index contributed by atoms with van der Waals surface area (Å²) in [4.78, 5) is 15.0. The van der Waals surface area contributed by atoms with Crippen molar-refractivity contribution in [3.8, 4) is 0 Å². The van der Waals surface area contributed by atoms with E-state index in [0.29, 0.717) is 13.2 Å². The molecule has 148 valence electrons. The van der Waals surface area contributed by atoms with Crippen molar-refractivity contribution in [2.45, 2.75) is 51.0 Å². The Morgan fingerprint density at radius 3 is 2.68 bits per heavy atom. The number of carbonyl (C=O) groups excluding carboxylic acids is 1. The highest BCUT2D eigenvalue weighted by molar-refractivity contribution is 5.82. The van der Waals surface area contributed by atoms with Gasteiger partial charge in [-0.1, -0.05) is 60.2 Å². The second kappa shape index (κ2) is 8.86. The van der Waals surface area contributed by atoms with E-state index in [9.17, 15) is 4.79 Å². The number of aryl methyl sites for hydroxylation is 1. The summed E-state index contributed by atoms with van der Waals surface area (Å²) in [5.41, 5.74) is 10.1. The molecule has 2 aromatic carbocycles. The van der Waals surface area contributed by atoms with Crippen molar-refractivity contribution in [1.82, 2.24) is 15.8 Å². The van der Waals surface area contributed by atoms with E-state index in [1.807, 2.05) is 23.1 Å². The Bertz CT molecular complexity index is 778. The molecule has 2 N–H and O–H groups in total. The number of nitrogens with zero attached hydrogens (tertiary/aromatic N) is 1. The zero-order valence-electron chi connectivity index (χ0n) is 16.4. The summed E-state index contributed by atoms with van der Waals surface area (Å²) in [6.45, 7) is 4.19. The zero-order valence-corrected chi connectivity index (χ0v) is 16.4. The van der Waals surface area contributed by atoms with Gasteiger partial charge in [-0.2, -0.15) is 0 Å². The van der Waals surface area contributed by atoms with Gasteiger partial charge in [0.05, 0.1) is 12.7 Å². The van der Waals surface area contributed by atoms with Gasteiger partial charge >= 0.3 is 0 Å². The fourth-order valence-corrected chi connectivity index (χ4v) is 4.02. The number of nitrogens with one attached hydrogen (secondary N) is 2. The predicted molar refractivity (Wildman–Crippen MR) is 109 cm³/mol. The molecule has 1 amide bonds. The van der Waals surface area contributed by atoms with E-state index in [1.165, 1.54) is 16.7 Å². The van der Waals surface area contributed by atoms with Crippen molar-refractivity contribution in [2.75, 3.05) is 13.1 Å². The molecule has 2 fully saturated rings. The molecule has 2 aromatic rings. The smallest absolute Gasteiger partial charge is 0.241 e. The van der Waals surface area contributed by atoms with Crippen molar-refractivity contribution in [2.24, 2.45) is 0 Å². The molecule has 0 bridgehead atoms. The van der Waals surface area contributed by atoms with Crippen LogP contribution in [-0.4, -0.2) is 36.0 Å². The zero-order chi connectivity index (χ0) is 19.3. The standard InChI is InChI=1S/C23H29N3O2/c1-17-9-11-19(12-10-17)21-14-22(25-24-21)23(27)26-13-5-8-20(15-26)28-16-18-6-3-2-4-7-18/h2-4,6-7,9-12,20-22,24-25H,5,8,13-16H2,1H3.